The van der Waals surface area contributed by atoms with Gasteiger partial charge in [-0.2, -0.15) is 8.42 Å². The Kier molecular flexibility index (Phi) is 5.31. The first-order chi connectivity index (χ1) is 15.1. The normalized spacial score (nSPS) is 11.6. The Morgan fingerprint density at radius 1 is 1.09 bits per heavy atom. The second kappa shape index (κ2) is 7.84. The van der Waals surface area contributed by atoms with Gasteiger partial charge in [0.15, 0.2) is 0 Å². The van der Waals surface area contributed by atoms with Crippen molar-refractivity contribution in [2.75, 3.05) is 0 Å². The molecule has 2 aromatic carbocycles. The molecule has 1 N–H and O–H groups in total. The second-order valence-corrected chi connectivity index (χ2v) is 9.89. The van der Waals surface area contributed by atoms with Crippen LogP contribution in [0.15, 0.2) is 52.2 Å². The minimum atomic E-state index is -4.28. The van der Waals surface area contributed by atoms with E-state index in [1.165, 1.54) is 42.5 Å². The molecule has 4 aromatic rings. The number of nitrogens with zero attached hydrogens (tertiary/aromatic N) is 2. The van der Waals surface area contributed by atoms with Crippen LogP contribution >= 0.6 is 11.3 Å². The molecule has 0 atom stereocenters. The summed E-state index contributed by atoms with van der Waals surface area (Å²) in [5.74, 6) is 0.371. The van der Waals surface area contributed by atoms with Gasteiger partial charge in [0, 0.05) is 22.1 Å². The van der Waals surface area contributed by atoms with Crippen molar-refractivity contribution in [3.05, 3.63) is 78.9 Å². The van der Waals surface area contributed by atoms with Gasteiger partial charge in [-0.05, 0) is 56.7 Å². The molecule has 0 aliphatic heterocycles. The fourth-order valence-corrected chi connectivity index (χ4v) is 5.16. The van der Waals surface area contributed by atoms with Crippen LogP contribution in [0.5, 0.6) is 5.75 Å². The molecule has 0 saturated carbocycles. The molecular formula is C21H17N3O6S2. The number of nitro groups is 1. The maximum absolute atomic E-state index is 12.6. The predicted molar refractivity (Wildman–Crippen MR) is 121 cm³/mol. The molecule has 0 saturated heterocycles. The second-order valence-electron chi connectivity index (χ2n) is 7.15. The zero-order valence-corrected chi connectivity index (χ0v) is 18.8. The van der Waals surface area contributed by atoms with Crippen LogP contribution in [-0.4, -0.2) is 23.3 Å². The number of aromatic amines is 1. The highest BCUT2D eigenvalue weighted by atomic mass is 32.2. The number of thiophene rings is 1. The zero-order valence-electron chi connectivity index (χ0n) is 17.2. The Morgan fingerprint density at radius 3 is 2.44 bits per heavy atom. The first kappa shape index (κ1) is 21.7. The molecule has 0 amide bonds. The van der Waals surface area contributed by atoms with Gasteiger partial charge in [0.1, 0.15) is 21.3 Å². The minimum Gasteiger partial charge on any atom is -0.379 e. The fraction of sp³-hybridized carbons (Fsp3) is 0.143. The third kappa shape index (κ3) is 3.87. The highest BCUT2D eigenvalue weighted by Crippen LogP contribution is 2.29. The Balaban J connectivity index is 1.63. The van der Waals surface area contributed by atoms with Crippen molar-refractivity contribution in [1.82, 2.24) is 9.97 Å². The van der Waals surface area contributed by atoms with E-state index in [9.17, 15) is 23.3 Å². The van der Waals surface area contributed by atoms with Gasteiger partial charge < -0.3 is 9.17 Å². The molecule has 32 heavy (non-hydrogen) atoms. The molecule has 0 aliphatic rings. The summed E-state index contributed by atoms with van der Waals surface area (Å²) in [7, 11) is -4.28. The summed E-state index contributed by atoms with van der Waals surface area (Å²) >= 11 is 1.43. The van der Waals surface area contributed by atoms with Crippen molar-refractivity contribution < 1.29 is 17.5 Å². The van der Waals surface area contributed by atoms with E-state index in [2.05, 4.69) is 9.97 Å². The van der Waals surface area contributed by atoms with Crippen LogP contribution in [0, 0.1) is 30.9 Å². The average molecular weight is 472 g/mol. The molecule has 0 radical (unpaired) electrons. The first-order valence-electron chi connectivity index (χ1n) is 9.37. The van der Waals surface area contributed by atoms with E-state index < -0.39 is 15.0 Å². The highest BCUT2D eigenvalue weighted by molar-refractivity contribution is 7.87. The molecule has 4 rings (SSSR count). The van der Waals surface area contributed by atoms with Gasteiger partial charge in [-0.1, -0.05) is 6.07 Å². The molecular weight excluding hydrogens is 454 g/mol. The summed E-state index contributed by atoms with van der Waals surface area (Å²) in [5.41, 5.74) is 1.26. The number of hydrogen-bond donors (Lipinski definition) is 1. The van der Waals surface area contributed by atoms with E-state index >= 15 is 0 Å². The molecule has 9 nitrogen and oxygen atoms in total. The number of benzene rings is 2. The van der Waals surface area contributed by atoms with E-state index in [4.69, 9.17) is 4.18 Å². The van der Waals surface area contributed by atoms with Crippen molar-refractivity contribution >= 4 is 37.4 Å². The first-order valence-corrected chi connectivity index (χ1v) is 11.6. The lowest BCUT2D eigenvalue weighted by Gasteiger charge is -2.08. The van der Waals surface area contributed by atoms with E-state index in [1.54, 1.807) is 12.1 Å². The summed E-state index contributed by atoms with van der Waals surface area (Å²) in [6.45, 7) is 5.32. The van der Waals surface area contributed by atoms with E-state index in [0.717, 1.165) is 16.5 Å². The number of nitrogens with one attached hydrogen (secondary N) is 1. The number of H-pyrrole nitrogens is 1. The van der Waals surface area contributed by atoms with Crippen LogP contribution < -0.4 is 9.74 Å². The van der Waals surface area contributed by atoms with Crippen molar-refractivity contribution in [3.8, 4) is 17.1 Å². The van der Waals surface area contributed by atoms with Gasteiger partial charge >= 0.3 is 10.1 Å². The van der Waals surface area contributed by atoms with Gasteiger partial charge in [-0.15, -0.1) is 11.3 Å². The minimum absolute atomic E-state index is 0.0169. The number of rotatable bonds is 5. The smallest absolute Gasteiger partial charge is 0.339 e. The zero-order chi connectivity index (χ0) is 23.2. The van der Waals surface area contributed by atoms with Gasteiger partial charge in [0.05, 0.1) is 10.3 Å². The Morgan fingerprint density at radius 2 is 1.78 bits per heavy atom. The number of hydrogen-bond acceptors (Lipinski definition) is 8. The largest absolute Gasteiger partial charge is 0.379 e. The molecule has 2 heterocycles. The van der Waals surface area contributed by atoms with E-state index in [1.807, 2.05) is 13.8 Å². The molecule has 2 aromatic heterocycles. The lowest BCUT2D eigenvalue weighted by atomic mass is 10.2. The van der Waals surface area contributed by atoms with Crippen molar-refractivity contribution in [2.24, 2.45) is 0 Å². The van der Waals surface area contributed by atoms with Gasteiger partial charge in [0.25, 0.3) is 11.2 Å². The molecule has 11 heteroatoms. The van der Waals surface area contributed by atoms with Crippen LogP contribution in [0.1, 0.15) is 16.0 Å². The number of nitro benzene ring substituents is 1. The molecule has 0 aliphatic carbocycles. The maximum Gasteiger partial charge on any atom is 0.339 e. The van der Waals surface area contributed by atoms with Crippen molar-refractivity contribution in [2.45, 2.75) is 25.7 Å². The summed E-state index contributed by atoms with van der Waals surface area (Å²) in [4.78, 5) is 31.5. The predicted octanol–water partition coefficient (Wildman–Crippen LogP) is 4.25. The van der Waals surface area contributed by atoms with Gasteiger partial charge in [0.2, 0.25) is 0 Å². The third-order valence-electron chi connectivity index (χ3n) is 5.04. The highest BCUT2D eigenvalue weighted by Gasteiger charge is 2.22. The fourth-order valence-electron chi connectivity index (χ4n) is 3.18. The number of aryl methyl sites for hydroxylation is 3. The Hall–Kier alpha value is -3.57. The topological polar surface area (TPSA) is 132 Å². The van der Waals surface area contributed by atoms with Crippen LogP contribution in [0.25, 0.3) is 21.6 Å². The van der Waals surface area contributed by atoms with E-state index in [-0.39, 0.29) is 21.9 Å². The van der Waals surface area contributed by atoms with Crippen LogP contribution in [0.3, 0.4) is 0 Å². The molecule has 0 fully saturated rings. The third-order valence-corrected chi connectivity index (χ3v) is 7.38. The van der Waals surface area contributed by atoms with Gasteiger partial charge in [-0.3, -0.25) is 14.9 Å². The number of aromatic nitrogens is 2. The molecule has 0 spiro atoms. The summed E-state index contributed by atoms with van der Waals surface area (Å²) in [5, 5.41) is 11.7. The maximum atomic E-state index is 12.6. The quantitative estimate of drug-likeness (QED) is 0.261. The Bertz CT molecular complexity index is 1540. The van der Waals surface area contributed by atoms with Crippen molar-refractivity contribution in [1.29, 1.82) is 0 Å². The molecule has 0 bridgehead atoms. The summed E-state index contributed by atoms with van der Waals surface area (Å²) in [6.07, 6.45) is 0. The number of fused-ring (bicyclic) bond motifs is 1. The summed E-state index contributed by atoms with van der Waals surface area (Å²) in [6, 6.07) is 9.55. The SMILES string of the molecule is Cc1ccc(S(=O)(=O)Oc2ccc(-c3nc4sc(C)c(C)c4c(=O)[nH]3)cc2)cc1[N+](=O)[O-]. The van der Waals surface area contributed by atoms with E-state index in [0.29, 0.717) is 27.2 Å². The lowest BCUT2D eigenvalue weighted by molar-refractivity contribution is -0.385. The van der Waals surface area contributed by atoms with Crippen LogP contribution in [0.4, 0.5) is 5.69 Å². The average Bonchev–Trinajstić information content (AvgIpc) is 3.02. The molecule has 164 valence electrons. The van der Waals surface area contributed by atoms with Gasteiger partial charge in [-0.25, -0.2) is 4.98 Å². The Labute approximate surface area is 186 Å². The van der Waals surface area contributed by atoms with Crippen molar-refractivity contribution in [3.63, 3.8) is 0 Å². The monoisotopic (exact) mass is 471 g/mol. The standard InChI is InChI=1S/C21H17N3O6S2/c1-11-4-9-16(10-17(11)24(26)27)32(28,29)30-15-7-5-14(6-8-15)19-22-20(25)18-12(2)13(3)31-21(18)23-19/h4-10H,1-3H3,(H,22,23,25). The van der Waals surface area contributed by atoms with Crippen LogP contribution in [-0.2, 0) is 10.1 Å². The molecule has 0 unspecified atom stereocenters. The lowest BCUT2D eigenvalue weighted by Crippen LogP contribution is -2.11. The van der Waals surface area contributed by atoms with Crippen LogP contribution in [0.2, 0.25) is 0 Å². The summed E-state index contributed by atoms with van der Waals surface area (Å²) < 4.78 is 30.3.